The second kappa shape index (κ2) is 4.72. The van der Waals surface area contributed by atoms with Crippen molar-refractivity contribution in [3.8, 4) is 0 Å². The minimum absolute atomic E-state index is 0.0498. The van der Waals surface area contributed by atoms with Crippen LogP contribution in [0.2, 0.25) is 0 Å². The van der Waals surface area contributed by atoms with Crippen molar-refractivity contribution in [1.82, 2.24) is 0 Å². The van der Waals surface area contributed by atoms with E-state index in [2.05, 4.69) is 46.4 Å². The second-order valence-electron chi connectivity index (χ2n) is 9.08. The first-order valence-corrected chi connectivity index (χ1v) is 8.73. The maximum Gasteiger partial charge on any atom is 0.0594 e. The summed E-state index contributed by atoms with van der Waals surface area (Å²) in [4.78, 5) is 0. The van der Waals surface area contributed by atoms with Gasteiger partial charge in [0.15, 0.2) is 0 Å². The fourth-order valence-corrected chi connectivity index (χ4v) is 5.81. The van der Waals surface area contributed by atoms with Crippen molar-refractivity contribution in [1.29, 1.82) is 0 Å². The van der Waals surface area contributed by atoms with Gasteiger partial charge in [0.1, 0.15) is 0 Å². The monoisotopic (exact) mass is 288 g/mol. The molecule has 1 nitrogen and oxygen atoms in total. The molecule has 5 atom stereocenters. The third-order valence-electron chi connectivity index (χ3n) is 7.47. The van der Waals surface area contributed by atoms with Crippen LogP contribution >= 0.6 is 0 Å². The molecule has 0 aliphatic heterocycles. The first kappa shape index (κ1) is 15.3. The van der Waals surface area contributed by atoms with Gasteiger partial charge in [-0.25, -0.2) is 0 Å². The van der Waals surface area contributed by atoms with Crippen LogP contribution in [-0.4, -0.2) is 11.2 Å². The number of rotatable bonds is 1. The third kappa shape index (κ3) is 2.15. The SMILES string of the molecule is C=C[C@]1(C)CCC2C(=CC[C@H]3C(C)(C)[C@@H](O)CC[C@]23C)C1. The van der Waals surface area contributed by atoms with Crippen molar-refractivity contribution in [2.45, 2.75) is 72.3 Å². The van der Waals surface area contributed by atoms with Gasteiger partial charge in [0.05, 0.1) is 6.10 Å². The van der Waals surface area contributed by atoms with Gasteiger partial charge >= 0.3 is 0 Å². The smallest absolute Gasteiger partial charge is 0.0594 e. The van der Waals surface area contributed by atoms with Gasteiger partial charge in [0.2, 0.25) is 0 Å². The molecule has 3 aliphatic carbocycles. The average Bonchev–Trinajstić information content (AvgIpc) is 2.43. The molecule has 2 fully saturated rings. The lowest BCUT2D eigenvalue weighted by Crippen LogP contribution is -2.55. The van der Waals surface area contributed by atoms with Gasteiger partial charge in [-0.05, 0) is 66.6 Å². The fraction of sp³-hybridized carbons (Fsp3) is 0.800. The Hall–Kier alpha value is -0.560. The Labute approximate surface area is 130 Å². The number of allylic oxidation sites excluding steroid dienone is 3. The largest absolute Gasteiger partial charge is 0.393 e. The summed E-state index contributed by atoms with van der Waals surface area (Å²) in [6, 6.07) is 0. The Morgan fingerprint density at radius 1 is 1.19 bits per heavy atom. The molecule has 0 radical (unpaired) electrons. The molecule has 2 saturated carbocycles. The summed E-state index contributed by atoms with van der Waals surface area (Å²) >= 11 is 0. The number of fused-ring (bicyclic) bond motifs is 3. The lowest BCUT2D eigenvalue weighted by atomic mass is 9.45. The molecule has 118 valence electrons. The summed E-state index contributed by atoms with van der Waals surface area (Å²) in [5.74, 6) is 1.35. The quantitative estimate of drug-likeness (QED) is 0.665. The lowest BCUT2D eigenvalue weighted by molar-refractivity contribution is -0.120. The second-order valence-corrected chi connectivity index (χ2v) is 9.08. The van der Waals surface area contributed by atoms with Gasteiger partial charge in [-0.3, -0.25) is 0 Å². The molecule has 1 unspecified atom stereocenters. The highest BCUT2D eigenvalue weighted by molar-refractivity contribution is 5.25. The van der Waals surface area contributed by atoms with Gasteiger partial charge in [0, 0.05) is 0 Å². The Balaban J connectivity index is 1.95. The zero-order valence-electron chi connectivity index (χ0n) is 14.3. The molecule has 3 aliphatic rings. The van der Waals surface area contributed by atoms with Gasteiger partial charge in [-0.15, -0.1) is 6.58 Å². The molecule has 0 bridgehead atoms. The number of aliphatic hydroxyl groups excluding tert-OH is 1. The summed E-state index contributed by atoms with van der Waals surface area (Å²) in [7, 11) is 0. The molecule has 3 rings (SSSR count). The van der Waals surface area contributed by atoms with Crippen molar-refractivity contribution in [3.63, 3.8) is 0 Å². The summed E-state index contributed by atoms with van der Waals surface area (Å²) in [6.45, 7) is 13.5. The highest BCUT2D eigenvalue weighted by Gasteiger charge is 2.56. The molecule has 1 heteroatoms. The number of hydrogen-bond donors (Lipinski definition) is 1. The summed E-state index contributed by atoms with van der Waals surface area (Å²) < 4.78 is 0. The van der Waals surface area contributed by atoms with Gasteiger partial charge in [-0.1, -0.05) is 45.4 Å². The Kier molecular flexibility index (Phi) is 3.44. The topological polar surface area (TPSA) is 20.2 Å². The van der Waals surface area contributed by atoms with Gasteiger partial charge in [0.25, 0.3) is 0 Å². The molecule has 0 aromatic heterocycles. The number of hydrogen-bond acceptors (Lipinski definition) is 1. The number of aliphatic hydroxyl groups is 1. The molecule has 21 heavy (non-hydrogen) atoms. The first-order valence-electron chi connectivity index (χ1n) is 8.73. The van der Waals surface area contributed by atoms with E-state index in [0.717, 1.165) is 18.8 Å². The van der Waals surface area contributed by atoms with Crippen LogP contribution in [0.4, 0.5) is 0 Å². The molecular weight excluding hydrogens is 256 g/mol. The maximum absolute atomic E-state index is 10.5. The summed E-state index contributed by atoms with van der Waals surface area (Å²) in [5.41, 5.74) is 2.42. The minimum atomic E-state index is -0.132. The third-order valence-corrected chi connectivity index (χ3v) is 7.47. The minimum Gasteiger partial charge on any atom is -0.393 e. The summed E-state index contributed by atoms with van der Waals surface area (Å²) in [5, 5.41) is 10.5. The first-order chi connectivity index (χ1) is 9.73. The zero-order valence-corrected chi connectivity index (χ0v) is 14.3. The fourth-order valence-electron chi connectivity index (χ4n) is 5.81. The van der Waals surface area contributed by atoms with Crippen LogP contribution in [0.15, 0.2) is 24.3 Å². The predicted molar refractivity (Wildman–Crippen MR) is 89.0 cm³/mol. The van der Waals surface area contributed by atoms with E-state index < -0.39 is 0 Å². The Bertz CT molecular complexity index is 474. The van der Waals surface area contributed by atoms with Crippen molar-refractivity contribution in [2.75, 3.05) is 0 Å². The van der Waals surface area contributed by atoms with E-state index in [4.69, 9.17) is 0 Å². The maximum atomic E-state index is 10.5. The molecule has 1 N–H and O–H groups in total. The van der Waals surface area contributed by atoms with Crippen LogP contribution in [0.3, 0.4) is 0 Å². The summed E-state index contributed by atoms with van der Waals surface area (Å²) in [6.07, 6.45) is 11.7. The van der Waals surface area contributed by atoms with Crippen LogP contribution < -0.4 is 0 Å². The van der Waals surface area contributed by atoms with Crippen LogP contribution in [0.5, 0.6) is 0 Å². The zero-order chi connectivity index (χ0) is 15.5. The van der Waals surface area contributed by atoms with E-state index in [1.54, 1.807) is 5.57 Å². The van der Waals surface area contributed by atoms with Crippen molar-refractivity contribution < 1.29 is 5.11 Å². The van der Waals surface area contributed by atoms with E-state index in [0.29, 0.717) is 16.7 Å². The van der Waals surface area contributed by atoms with E-state index in [1.807, 2.05) is 0 Å². The van der Waals surface area contributed by atoms with E-state index in [-0.39, 0.29) is 11.5 Å². The molecule has 0 amide bonds. The van der Waals surface area contributed by atoms with Crippen molar-refractivity contribution >= 4 is 0 Å². The van der Waals surface area contributed by atoms with Gasteiger partial charge in [-0.2, -0.15) is 0 Å². The van der Waals surface area contributed by atoms with Crippen molar-refractivity contribution in [3.05, 3.63) is 24.3 Å². The Morgan fingerprint density at radius 2 is 1.90 bits per heavy atom. The average molecular weight is 288 g/mol. The van der Waals surface area contributed by atoms with Crippen molar-refractivity contribution in [2.24, 2.45) is 28.1 Å². The lowest BCUT2D eigenvalue weighted by Gasteiger charge is -2.60. The Morgan fingerprint density at radius 3 is 2.57 bits per heavy atom. The highest BCUT2D eigenvalue weighted by Crippen LogP contribution is 2.63. The molecular formula is C20H32O. The molecule has 0 aromatic carbocycles. The molecule has 0 aromatic rings. The molecule has 0 saturated heterocycles. The molecule has 0 heterocycles. The van der Waals surface area contributed by atoms with E-state index in [1.165, 1.54) is 25.7 Å². The van der Waals surface area contributed by atoms with Crippen LogP contribution in [0.25, 0.3) is 0 Å². The standard InChI is InChI=1S/C20H32O/c1-6-19(4)11-9-15-14(13-19)7-8-16-18(2,3)17(21)10-12-20(15,16)5/h6-7,15-17,21H,1,8-13H2,2-5H3/t15?,16-,17-,19+,20+/m0/s1. The highest BCUT2D eigenvalue weighted by atomic mass is 16.3. The van der Waals surface area contributed by atoms with Crippen LogP contribution in [0, 0.1) is 28.1 Å². The predicted octanol–water partition coefficient (Wildman–Crippen LogP) is 5.11. The normalized spacial score (nSPS) is 48.8. The molecule has 0 spiro atoms. The van der Waals surface area contributed by atoms with Gasteiger partial charge < -0.3 is 5.11 Å². The van der Waals surface area contributed by atoms with Crippen LogP contribution in [0.1, 0.15) is 66.2 Å². The van der Waals surface area contributed by atoms with E-state index >= 15 is 0 Å². The van der Waals surface area contributed by atoms with Crippen LogP contribution in [-0.2, 0) is 0 Å². The van der Waals surface area contributed by atoms with E-state index in [9.17, 15) is 5.11 Å².